The lowest BCUT2D eigenvalue weighted by Gasteiger charge is -2.16. The fourth-order valence-electron chi connectivity index (χ4n) is 2.31. The molecule has 1 saturated heterocycles. The van der Waals surface area contributed by atoms with E-state index in [1.807, 2.05) is 6.07 Å². The van der Waals surface area contributed by atoms with Gasteiger partial charge >= 0.3 is 5.97 Å². The fraction of sp³-hybridized carbons (Fsp3) is 0.188. The Morgan fingerprint density at radius 2 is 2.14 bits per heavy atom. The second-order valence-corrected chi connectivity index (χ2v) is 5.33. The van der Waals surface area contributed by atoms with E-state index in [1.54, 1.807) is 29.2 Å². The highest BCUT2D eigenvalue weighted by atomic mass is 35.5. The van der Waals surface area contributed by atoms with E-state index in [2.05, 4.69) is 4.98 Å². The van der Waals surface area contributed by atoms with Crippen LogP contribution in [0.4, 0.5) is 5.69 Å². The van der Waals surface area contributed by atoms with Gasteiger partial charge in [0, 0.05) is 35.9 Å². The molecule has 0 spiro atoms. The van der Waals surface area contributed by atoms with Gasteiger partial charge in [-0.3, -0.25) is 4.79 Å². The number of nitrogens with zero attached hydrogens (tertiary/aromatic N) is 2. The first kappa shape index (κ1) is 14.5. The first-order valence-corrected chi connectivity index (χ1v) is 7.25. The van der Waals surface area contributed by atoms with Crippen molar-refractivity contribution in [2.45, 2.75) is 12.8 Å². The highest BCUT2D eigenvalue weighted by Gasteiger charge is 2.22. The van der Waals surface area contributed by atoms with Crippen LogP contribution < -0.4 is 9.64 Å². The summed E-state index contributed by atoms with van der Waals surface area (Å²) in [6, 6.07) is 9.92. The van der Waals surface area contributed by atoms with E-state index in [0.717, 1.165) is 12.1 Å². The second-order valence-electron chi connectivity index (χ2n) is 4.90. The molecule has 0 saturated carbocycles. The van der Waals surface area contributed by atoms with Gasteiger partial charge in [-0.15, -0.1) is 0 Å². The molecule has 5 nitrogen and oxygen atoms in total. The molecule has 1 aliphatic heterocycles. The number of hydrogen-bond donors (Lipinski definition) is 0. The Labute approximate surface area is 132 Å². The first-order valence-electron chi connectivity index (χ1n) is 6.88. The average Bonchev–Trinajstić information content (AvgIpc) is 2.94. The van der Waals surface area contributed by atoms with Gasteiger partial charge in [0.15, 0.2) is 0 Å². The van der Waals surface area contributed by atoms with Crippen molar-refractivity contribution in [3.63, 3.8) is 0 Å². The second kappa shape index (κ2) is 6.15. The normalized spacial score (nSPS) is 14.2. The molecule has 0 N–H and O–H groups in total. The summed E-state index contributed by atoms with van der Waals surface area (Å²) in [6.07, 6.45) is 2.84. The molecule has 1 aromatic heterocycles. The molecule has 2 heterocycles. The first-order chi connectivity index (χ1) is 10.6. The molecule has 112 valence electrons. The lowest BCUT2D eigenvalue weighted by atomic mass is 10.2. The van der Waals surface area contributed by atoms with Crippen molar-refractivity contribution >= 4 is 29.2 Å². The van der Waals surface area contributed by atoms with Crippen molar-refractivity contribution in [3.8, 4) is 5.75 Å². The van der Waals surface area contributed by atoms with Crippen LogP contribution in [-0.4, -0.2) is 23.4 Å². The number of carbonyl (C=O) groups excluding carboxylic acids is 2. The summed E-state index contributed by atoms with van der Waals surface area (Å²) in [5, 5.41) is 0.415. The van der Waals surface area contributed by atoms with E-state index in [9.17, 15) is 9.59 Å². The molecule has 0 bridgehead atoms. The Hall–Kier alpha value is -2.40. The standard InChI is InChI=1S/C16H13ClN2O3/c17-11-6-7-18-14(9-11)16(21)22-13-4-1-3-12(10-13)19-8-2-5-15(19)20/h1,3-4,6-7,9-10H,2,5,8H2. The van der Waals surface area contributed by atoms with Gasteiger partial charge < -0.3 is 9.64 Å². The highest BCUT2D eigenvalue weighted by molar-refractivity contribution is 6.30. The molecular formula is C16H13ClN2O3. The minimum Gasteiger partial charge on any atom is -0.422 e. The molecule has 1 amide bonds. The number of anilines is 1. The van der Waals surface area contributed by atoms with Crippen LogP contribution in [0.25, 0.3) is 0 Å². The molecule has 0 radical (unpaired) electrons. The summed E-state index contributed by atoms with van der Waals surface area (Å²) in [4.78, 5) is 29.4. The molecule has 1 aliphatic rings. The number of carbonyl (C=O) groups is 2. The van der Waals surface area contributed by atoms with Crippen LogP contribution in [0.15, 0.2) is 42.6 Å². The third-order valence-electron chi connectivity index (χ3n) is 3.34. The van der Waals surface area contributed by atoms with Crippen molar-refractivity contribution in [3.05, 3.63) is 53.3 Å². The molecule has 2 aromatic rings. The van der Waals surface area contributed by atoms with Gasteiger partial charge in [-0.2, -0.15) is 0 Å². The Balaban J connectivity index is 1.78. The molecule has 6 heteroatoms. The van der Waals surface area contributed by atoms with Crippen molar-refractivity contribution in [1.82, 2.24) is 4.98 Å². The van der Waals surface area contributed by atoms with E-state index in [1.165, 1.54) is 12.3 Å². The van der Waals surface area contributed by atoms with Crippen molar-refractivity contribution < 1.29 is 14.3 Å². The lowest BCUT2D eigenvalue weighted by molar-refractivity contribution is -0.117. The third-order valence-corrected chi connectivity index (χ3v) is 3.58. The average molecular weight is 317 g/mol. The predicted molar refractivity (Wildman–Crippen MR) is 82.2 cm³/mol. The van der Waals surface area contributed by atoms with Crippen LogP contribution >= 0.6 is 11.6 Å². The van der Waals surface area contributed by atoms with Crippen LogP contribution in [0.5, 0.6) is 5.75 Å². The number of esters is 1. The zero-order chi connectivity index (χ0) is 15.5. The van der Waals surface area contributed by atoms with Gasteiger partial charge in [0.2, 0.25) is 5.91 Å². The molecule has 22 heavy (non-hydrogen) atoms. The maximum absolute atomic E-state index is 12.0. The zero-order valence-corrected chi connectivity index (χ0v) is 12.4. The Morgan fingerprint density at radius 3 is 2.86 bits per heavy atom. The highest BCUT2D eigenvalue weighted by Crippen LogP contribution is 2.25. The van der Waals surface area contributed by atoms with E-state index < -0.39 is 5.97 Å². The summed E-state index contributed by atoms with van der Waals surface area (Å²) < 4.78 is 5.29. The smallest absolute Gasteiger partial charge is 0.362 e. The lowest BCUT2D eigenvalue weighted by Crippen LogP contribution is -2.23. The monoisotopic (exact) mass is 316 g/mol. The Morgan fingerprint density at radius 1 is 1.27 bits per heavy atom. The zero-order valence-electron chi connectivity index (χ0n) is 11.7. The van der Waals surface area contributed by atoms with Crippen LogP contribution in [0, 0.1) is 0 Å². The van der Waals surface area contributed by atoms with E-state index in [4.69, 9.17) is 16.3 Å². The molecule has 1 fully saturated rings. The maximum atomic E-state index is 12.0. The fourth-order valence-corrected chi connectivity index (χ4v) is 2.47. The number of ether oxygens (including phenoxy) is 1. The molecule has 3 rings (SSSR count). The predicted octanol–water partition coefficient (Wildman–Crippen LogP) is 3.08. The largest absolute Gasteiger partial charge is 0.422 e. The van der Waals surface area contributed by atoms with Crippen LogP contribution in [0.2, 0.25) is 5.02 Å². The number of benzene rings is 1. The van der Waals surface area contributed by atoms with E-state index >= 15 is 0 Å². The summed E-state index contributed by atoms with van der Waals surface area (Å²) in [5.74, 6) is -0.142. The molecule has 0 aliphatic carbocycles. The molecule has 0 atom stereocenters. The quantitative estimate of drug-likeness (QED) is 0.645. The summed E-state index contributed by atoms with van der Waals surface area (Å²) in [5.41, 5.74) is 0.863. The number of amides is 1. The van der Waals surface area contributed by atoms with E-state index in [-0.39, 0.29) is 11.6 Å². The van der Waals surface area contributed by atoms with Gasteiger partial charge in [-0.05, 0) is 30.7 Å². The number of aromatic nitrogens is 1. The van der Waals surface area contributed by atoms with Crippen LogP contribution in [0.3, 0.4) is 0 Å². The van der Waals surface area contributed by atoms with Gasteiger partial charge in [0.25, 0.3) is 0 Å². The van der Waals surface area contributed by atoms with Crippen molar-refractivity contribution in [2.24, 2.45) is 0 Å². The Kier molecular flexibility index (Phi) is 4.06. The number of hydrogen-bond acceptors (Lipinski definition) is 4. The van der Waals surface area contributed by atoms with Crippen LogP contribution in [0.1, 0.15) is 23.3 Å². The van der Waals surface area contributed by atoms with Gasteiger partial charge in [0.05, 0.1) is 0 Å². The van der Waals surface area contributed by atoms with Crippen molar-refractivity contribution in [2.75, 3.05) is 11.4 Å². The Bertz CT molecular complexity index is 733. The van der Waals surface area contributed by atoms with E-state index in [0.29, 0.717) is 23.7 Å². The molecule has 0 unspecified atom stereocenters. The van der Waals surface area contributed by atoms with Gasteiger partial charge in [0.1, 0.15) is 11.4 Å². The third kappa shape index (κ3) is 3.09. The number of rotatable bonds is 3. The minimum atomic E-state index is -0.590. The number of pyridine rings is 1. The van der Waals surface area contributed by atoms with Crippen molar-refractivity contribution in [1.29, 1.82) is 0 Å². The van der Waals surface area contributed by atoms with Gasteiger partial charge in [-0.1, -0.05) is 17.7 Å². The van der Waals surface area contributed by atoms with Crippen LogP contribution in [-0.2, 0) is 4.79 Å². The molecule has 1 aromatic carbocycles. The summed E-state index contributed by atoms with van der Waals surface area (Å²) in [7, 11) is 0. The maximum Gasteiger partial charge on any atom is 0.362 e. The minimum absolute atomic E-state index is 0.0833. The summed E-state index contributed by atoms with van der Waals surface area (Å²) >= 11 is 5.83. The SMILES string of the molecule is O=C(Oc1cccc(N2CCCC2=O)c1)c1cc(Cl)ccn1. The van der Waals surface area contributed by atoms with Gasteiger partial charge in [-0.25, -0.2) is 9.78 Å². The topological polar surface area (TPSA) is 59.5 Å². The summed E-state index contributed by atoms with van der Waals surface area (Å²) in [6.45, 7) is 0.687. The molecular weight excluding hydrogens is 304 g/mol. The number of halogens is 1.